The largest absolute Gasteiger partial charge is 0.351 e. The molecule has 34 heavy (non-hydrogen) atoms. The van der Waals surface area contributed by atoms with Gasteiger partial charge in [0.25, 0.3) is 0 Å². The van der Waals surface area contributed by atoms with Gasteiger partial charge in [-0.05, 0) is 37.0 Å². The van der Waals surface area contributed by atoms with E-state index in [9.17, 15) is 9.59 Å². The van der Waals surface area contributed by atoms with E-state index in [1.807, 2.05) is 42.5 Å². The van der Waals surface area contributed by atoms with Crippen molar-refractivity contribution in [3.63, 3.8) is 0 Å². The fraction of sp³-hybridized carbons (Fsp3) is 0.280. The molecule has 9 heteroatoms. The molecule has 2 aromatic heterocycles. The topological polar surface area (TPSA) is 113 Å². The van der Waals surface area contributed by atoms with Crippen LogP contribution in [-0.4, -0.2) is 39.2 Å². The number of hydrogen-bond acceptors (Lipinski definition) is 6. The van der Waals surface area contributed by atoms with E-state index < -0.39 is 11.3 Å². The molecule has 6 rings (SSSR count). The van der Waals surface area contributed by atoms with Crippen molar-refractivity contribution in [2.24, 2.45) is 5.73 Å². The number of thioether (sulfide) groups is 1. The second kappa shape index (κ2) is 8.41. The monoisotopic (exact) mass is 472 g/mol. The van der Waals surface area contributed by atoms with Gasteiger partial charge >= 0.3 is 6.03 Å². The number of carbonyl (C=O) groups is 2. The van der Waals surface area contributed by atoms with E-state index in [2.05, 4.69) is 20.6 Å². The third kappa shape index (κ3) is 3.52. The van der Waals surface area contributed by atoms with Crippen molar-refractivity contribution in [2.45, 2.75) is 47.7 Å². The molecule has 2 aliphatic heterocycles. The van der Waals surface area contributed by atoms with E-state index in [1.165, 1.54) is 11.8 Å². The Kier molecular flexibility index (Phi) is 5.23. The summed E-state index contributed by atoms with van der Waals surface area (Å²) in [6.07, 6.45) is 7.96. The Bertz CT molecular complexity index is 1270. The first-order chi connectivity index (χ1) is 16.6. The lowest BCUT2D eigenvalue weighted by molar-refractivity contribution is -0.121. The van der Waals surface area contributed by atoms with Gasteiger partial charge in [0.05, 0.1) is 23.6 Å². The van der Waals surface area contributed by atoms with E-state index >= 15 is 0 Å². The van der Waals surface area contributed by atoms with Gasteiger partial charge in [0.1, 0.15) is 10.3 Å². The molecule has 4 atom stereocenters. The summed E-state index contributed by atoms with van der Waals surface area (Å²) >= 11 is 1.39. The van der Waals surface area contributed by atoms with Crippen LogP contribution in [0.15, 0.2) is 66.1 Å². The minimum Gasteiger partial charge on any atom is -0.351 e. The standard InChI is InChI=1S/C25H24N6O2S/c26-17-7-4-8-18(17)29-23(32)22-21-20-19(9-10-28-24(20)34-22)31(25(33)30-21)16-11-15(12-27-13-16)14-5-2-1-3-6-14/h1-3,5-6,9-13,17-18,21-22H,4,7-8,26H2,(H,29,32)(H,30,33)/t17-,18+,21?,22?/m0/s1. The van der Waals surface area contributed by atoms with Crippen LogP contribution >= 0.6 is 11.8 Å². The molecule has 0 radical (unpaired) electrons. The Labute approximate surface area is 201 Å². The van der Waals surface area contributed by atoms with Gasteiger partial charge in [-0.1, -0.05) is 42.1 Å². The molecule has 0 spiro atoms. The van der Waals surface area contributed by atoms with Crippen LogP contribution in [0.5, 0.6) is 0 Å². The summed E-state index contributed by atoms with van der Waals surface area (Å²) < 4.78 is 0. The molecule has 4 heterocycles. The summed E-state index contributed by atoms with van der Waals surface area (Å²) in [4.78, 5) is 37.1. The van der Waals surface area contributed by atoms with Crippen LogP contribution in [0, 0.1) is 0 Å². The number of nitrogens with two attached hydrogens (primary N) is 1. The number of benzene rings is 1. The molecule has 3 amide bonds. The second-order valence-corrected chi connectivity index (χ2v) is 9.99. The van der Waals surface area contributed by atoms with Crippen LogP contribution in [0.4, 0.5) is 16.2 Å². The van der Waals surface area contributed by atoms with Gasteiger partial charge in [-0.25, -0.2) is 9.78 Å². The third-order valence-electron chi connectivity index (χ3n) is 6.75. The summed E-state index contributed by atoms with van der Waals surface area (Å²) in [5, 5.41) is 6.43. The molecule has 172 valence electrons. The van der Waals surface area contributed by atoms with Crippen LogP contribution in [0.3, 0.4) is 0 Å². The van der Waals surface area contributed by atoms with Gasteiger partial charge in [-0.2, -0.15) is 0 Å². The average Bonchev–Trinajstić information content (AvgIpc) is 3.44. The molecule has 1 aromatic carbocycles. The van der Waals surface area contributed by atoms with E-state index in [0.717, 1.165) is 46.7 Å². The lowest BCUT2D eigenvalue weighted by Gasteiger charge is -2.34. The van der Waals surface area contributed by atoms with Crippen molar-refractivity contribution in [1.29, 1.82) is 0 Å². The SMILES string of the molecule is N[C@H]1CCC[C@H]1NC(=O)C1Sc2nccc3c2C1NC(=O)N3c1cncc(-c2ccccc2)c1. The molecule has 4 N–H and O–H groups in total. The maximum absolute atomic E-state index is 13.4. The summed E-state index contributed by atoms with van der Waals surface area (Å²) in [6.45, 7) is 0. The molecule has 1 aliphatic carbocycles. The smallest absolute Gasteiger partial charge is 0.327 e. The molecule has 1 saturated carbocycles. The molecule has 0 saturated heterocycles. The lowest BCUT2D eigenvalue weighted by Crippen LogP contribution is -2.52. The highest BCUT2D eigenvalue weighted by atomic mass is 32.2. The molecule has 1 fully saturated rings. The predicted molar refractivity (Wildman–Crippen MR) is 131 cm³/mol. The highest BCUT2D eigenvalue weighted by Crippen LogP contribution is 2.50. The zero-order chi connectivity index (χ0) is 23.2. The van der Waals surface area contributed by atoms with E-state index in [0.29, 0.717) is 5.69 Å². The Morgan fingerprint density at radius 2 is 2.00 bits per heavy atom. The van der Waals surface area contributed by atoms with Crippen molar-refractivity contribution in [3.8, 4) is 11.1 Å². The van der Waals surface area contributed by atoms with Gasteiger partial charge in [0.2, 0.25) is 5.91 Å². The highest BCUT2D eigenvalue weighted by molar-refractivity contribution is 8.01. The fourth-order valence-electron chi connectivity index (χ4n) is 5.05. The summed E-state index contributed by atoms with van der Waals surface area (Å²) in [5.74, 6) is -0.109. The lowest BCUT2D eigenvalue weighted by atomic mass is 9.99. The van der Waals surface area contributed by atoms with Crippen LogP contribution < -0.4 is 21.3 Å². The minimum absolute atomic E-state index is 0.0211. The normalized spacial score (nSPS) is 25.1. The second-order valence-electron chi connectivity index (χ2n) is 8.86. The molecule has 2 unspecified atom stereocenters. The maximum atomic E-state index is 13.4. The zero-order valence-corrected chi connectivity index (χ0v) is 19.2. The number of nitrogens with one attached hydrogen (secondary N) is 2. The number of carbonyl (C=O) groups excluding carboxylic acids is 2. The van der Waals surface area contributed by atoms with Crippen molar-refractivity contribution in [2.75, 3.05) is 4.90 Å². The molecule has 3 aromatic rings. The summed E-state index contributed by atoms with van der Waals surface area (Å²) in [5.41, 5.74) is 10.3. The molecule has 3 aliphatic rings. The first kappa shape index (κ1) is 21.1. The number of hydrogen-bond donors (Lipinski definition) is 3. The van der Waals surface area contributed by atoms with Gasteiger partial charge in [-0.15, -0.1) is 0 Å². The van der Waals surface area contributed by atoms with E-state index in [4.69, 9.17) is 5.73 Å². The third-order valence-corrected chi connectivity index (χ3v) is 8.04. The number of amides is 3. The number of pyridine rings is 2. The molecule has 0 bridgehead atoms. The van der Waals surface area contributed by atoms with Crippen LogP contribution in [0.25, 0.3) is 11.1 Å². The number of aromatic nitrogens is 2. The van der Waals surface area contributed by atoms with Crippen LogP contribution in [-0.2, 0) is 4.79 Å². The number of anilines is 2. The Balaban J connectivity index is 1.33. The summed E-state index contributed by atoms with van der Waals surface area (Å²) in [7, 11) is 0. The number of urea groups is 1. The van der Waals surface area contributed by atoms with Gasteiger partial charge in [0, 0.05) is 35.6 Å². The van der Waals surface area contributed by atoms with Crippen molar-refractivity contribution < 1.29 is 9.59 Å². The van der Waals surface area contributed by atoms with Crippen LogP contribution in [0.1, 0.15) is 30.9 Å². The van der Waals surface area contributed by atoms with E-state index in [-0.39, 0.29) is 24.0 Å². The van der Waals surface area contributed by atoms with Gasteiger partial charge in [-0.3, -0.25) is 14.7 Å². The van der Waals surface area contributed by atoms with Gasteiger partial charge < -0.3 is 16.4 Å². The average molecular weight is 473 g/mol. The van der Waals surface area contributed by atoms with Crippen molar-refractivity contribution in [3.05, 3.63) is 66.6 Å². The fourth-order valence-corrected chi connectivity index (χ4v) is 6.29. The highest BCUT2D eigenvalue weighted by Gasteiger charge is 2.47. The predicted octanol–water partition coefficient (Wildman–Crippen LogP) is 3.52. The maximum Gasteiger partial charge on any atom is 0.327 e. The van der Waals surface area contributed by atoms with Crippen molar-refractivity contribution >= 4 is 35.1 Å². The van der Waals surface area contributed by atoms with E-state index in [1.54, 1.807) is 23.5 Å². The first-order valence-electron chi connectivity index (χ1n) is 11.4. The van der Waals surface area contributed by atoms with Crippen molar-refractivity contribution in [1.82, 2.24) is 20.6 Å². The van der Waals surface area contributed by atoms with Crippen LogP contribution in [0.2, 0.25) is 0 Å². The van der Waals surface area contributed by atoms with Gasteiger partial charge in [0.15, 0.2) is 0 Å². The number of nitrogens with zero attached hydrogens (tertiary/aromatic N) is 3. The number of rotatable bonds is 4. The Hall–Kier alpha value is -3.43. The summed E-state index contributed by atoms with van der Waals surface area (Å²) in [6, 6.07) is 12.9. The zero-order valence-electron chi connectivity index (χ0n) is 18.3. The minimum atomic E-state index is -0.490. The molecule has 8 nitrogen and oxygen atoms in total. The first-order valence-corrected chi connectivity index (χ1v) is 12.3. The molecular weight excluding hydrogens is 448 g/mol. The quantitative estimate of drug-likeness (QED) is 0.536. The Morgan fingerprint density at radius 3 is 2.79 bits per heavy atom. The Morgan fingerprint density at radius 1 is 1.15 bits per heavy atom. The molecular formula is C25H24N6O2S.